The van der Waals surface area contributed by atoms with Crippen LogP contribution < -0.4 is 0 Å². The van der Waals surface area contributed by atoms with Crippen LogP contribution >= 0.6 is 0 Å². The molecular weight excluding hydrogens is 280 g/mol. The lowest BCUT2D eigenvalue weighted by Crippen LogP contribution is -2.36. The number of carbonyl (C=O) groups excluding carboxylic acids is 2. The van der Waals surface area contributed by atoms with Gasteiger partial charge in [-0.25, -0.2) is 9.78 Å². The highest BCUT2D eigenvalue weighted by Crippen LogP contribution is 2.31. The summed E-state index contributed by atoms with van der Waals surface area (Å²) in [5, 5.41) is 0. The largest absolute Gasteiger partial charge is 0.289 e. The average molecular weight is 302 g/mol. The molecule has 4 heteroatoms. The Morgan fingerprint density at radius 3 is 1.09 bits per heavy atom. The maximum absolute atomic E-state index is 11.8. The predicted octanol–water partition coefficient (Wildman–Crippen LogP) is 3.40. The van der Waals surface area contributed by atoms with E-state index in [1.165, 1.54) is 0 Å². The number of Topliss-reactive ketones (excluding diaryl/α,β-unsaturated/α-hetero) is 2. The zero-order chi connectivity index (χ0) is 16.7. The summed E-state index contributed by atoms with van der Waals surface area (Å²) in [5.41, 5.74) is 0.913. The second-order valence-corrected chi connectivity index (χ2v) is 6.50. The van der Waals surface area contributed by atoms with Crippen LogP contribution in [-0.4, -0.2) is 22.8 Å². The lowest BCUT2D eigenvalue weighted by molar-refractivity contribution is -0.366. The van der Waals surface area contributed by atoms with Gasteiger partial charge in [-0.2, -0.15) is 0 Å². The summed E-state index contributed by atoms with van der Waals surface area (Å²) in [6, 6.07) is 0. The van der Waals surface area contributed by atoms with Gasteiger partial charge in [0.1, 0.15) is 11.2 Å². The number of ketones is 2. The first-order valence-electron chi connectivity index (χ1n) is 7.29. The topological polar surface area (TPSA) is 52.6 Å². The minimum absolute atomic E-state index is 0.0158. The summed E-state index contributed by atoms with van der Waals surface area (Å²) < 4.78 is 0. The molecule has 0 aromatic rings. The molecule has 2 aliphatic carbocycles. The van der Waals surface area contributed by atoms with Crippen LogP contribution in [0.25, 0.3) is 0 Å². The van der Waals surface area contributed by atoms with E-state index >= 15 is 0 Å². The summed E-state index contributed by atoms with van der Waals surface area (Å²) in [6.07, 6.45) is 6.97. The van der Waals surface area contributed by atoms with Crippen molar-refractivity contribution in [3.05, 3.63) is 46.6 Å². The Bertz CT molecular complexity index is 557. The summed E-state index contributed by atoms with van der Waals surface area (Å²) >= 11 is 0. The predicted molar refractivity (Wildman–Crippen MR) is 84.0 cm³/mol. The van der Waals surface area contributed by atoms with Crippen molar-refractivity contribution in [1.82, 2.24) is 0 Å². The van der Waals surface area contributed by atoms with Gasteiger partial charge in [0.25, 0.3) is 0 Å². The van der Waals surface area contributed by atoms with Crippen LogP contribution in [-0.2, 0) is 19.4 Å². The Kier molecular flexibility index (Phi) is 4.11. The highest BCUT2D eigenvalue weighted by Gasteiger charge is 2.34. The Morgan fingerprint density at radius 2 is 0.864 bits per heavy atom. The zero-order valence-electron chi connectivity index (χ0n) is 13.9. The summed E-state index contributed by atoms with van der Waals surface area (Å²) in [5.74, 6) is 0.0315. The van der Waals surface area contributed by atoms with Crippen LogP contribution in [0.3, 0.4) is 0 Å². The molecule has 0 N–H and O–H groups in total. The molecular formula is C18H22O4. The van der Waals surface area contributed by atoms with E-state index < -0.39 is 11.2 Å². The zero-order valence-corrected chi connectivity index (χ0v) is 13.9. The molecule has 2 aliphatic rings. The lowest BCUT2D eigenvalue weighted by atomic mass is 9.89. The van der Waals surface area contributed by atoms with E-state index in [-0.39, 0.29) is 11.6 Å². The molecule has 22 heavy (non-hydrogen) atoms. The fourth-order valence-corrected chi connectivity index (χ4v) is 2.96. The van der Waals surface area contributed by atoms with Gasteiger partial charge in [0, 0.05) is 0 Å². The van der Waals surface area contributed by atoms with Crippen LogP contribution in [0, 0.1) is 0 Å². The van der Waals surface area contributed by atoms with Crippen molar-refractivity contribution in [2.75, 3.05) is 0 Å². The molecule has 0 unspecified atom stereocenters. The molecule has 0 spiro atoms. The van der Waals surface area contributed by atoms with Gasteiger partial charge in [-0.3, -0.25) is 9.59 Å². The smallest absolute Gasteiger partial charge is 0.184 e. The molecule has 0 fully saturated rings. The van der Waals surface area contributed by atoms with Gasteiger partial charge >= 0.3 is 0 Å². The van der Waals surface area contributed by atoms with Gasteiger partial charge in [-0.05, 0) is 88.1 Å². The Labute approximate surface area is 131 Å². The third-order valence-electron chi connectivity index (χ3n) is 3.85. The van der Waals surface area contributed by atoms with Gasteiger partial charge in [-0.1, -0.05) is 0 Å². The van der Waals surface area contributed by atoms with E-state index in [1.54, 1.807) is 52.0 Å². The van der Waals surface area contributed by atoms with Gasteiger partial charge in [0.15, 0.2) is 11.6 Å². The first-order valence-corrected chi connectivity index (χ1v) is 7.29. The van der Waals surface area contributed by atoms with E-state index in [0.29, 0.717) is 22.3 Å². The normalized spacial score (nSPS) is 23.5. The van der Waals surface area contributed by atoms with Crippen molar-refractivity contribution in [3.8, 4) is 0 Å². The van der Waals surface area contributed by atoms with Crippen molar-refractivity contribution >= 4 is 11.6 Å². The molecule has 0 saturated heterocycles. The van der Waals surface area contributed by atoms with Gasteiger partial charge in [0.05, 0.1) is 0 Å². The standard InChI is InChI=1S/C18H22O4/c1-11-7-17(5,8-12(2)15(11)19)21-22-18(6)9-13(3)16(20)14(4)10-18/h7-10H,1-6H3. The minimum Gasteiger partial charge on any atom is -0.289 e. The number of rotatable bonds is 3. The number of allylic oxidation sites excluding steroid dienone is 4. The van der Waals surface area contributed by atoms with Crippen molar-refractivity contribution in [2.45, 2.75) is 52.7 Å². The van der Waals surface area contributed by atoms with Gasteiger partial charge in [0.2, 0.25) is 0 Å². The van der Waals surface area contributed by atoms with Crippen LogP contribution in [0.2, 0.25) is 0 Å². The van der Waals surface area contributed by atoms with Crippen molar-refractivity contribution in [1.29, 1.82) is 0 Å². The molecule has 0 saturated carbocycles. The van der Waals surface area contributed by atoms with E-state index in [4.69, 9.17) is 9.78 Å². The van der Waals surface area contributed by atoms with Crippen molar-refractivity contribution in [2.24, 2.45) is 0 Å². The second kappa shape index (κ2) is 5.45. The fraction of sp³-hybridized carbons (Fsp3) is 0.444. The first kappa shape index (κ1) is 16.6. The summed E-state index contributed by atoms with van der Waals surface area (Å²) in [7, 11) is 0. The number of hydrogen-bond acceptors (Lipinski definition) is 4. The summed E-state index contributed by atoms with van der Waals surface area (Å²) in [4.78, 5) is 34.9. The highest BCUT2D eigenvalue weighted by atomic mass is 17.2. The van der Waals surface area contributed by atoms with Crippen LogP contribution in [0.5, 0.6) is 0 Å². The second-order valence-electron chi connectivity index (χ2n) is 6.50. The Morgan fingerprint density at radius 1 is 0.636 bits per heavy atom. The van der Waals surface area contributed by atoms with Crippen LogP contribution in [0.4, 0.5) is 0 Å². The van der Waals surface area contributed by atoms with E-state index in [1.807, 2.05) is 13.8 Å². The maximum Gasteiger partial charge on any atom is 0.184 e. The lowest BCUT2D eigenvalue weighted by Gasteiger charge is -2.32. The third-order valence-corrected chi connectivity index (χ3v) is 3.85. The van der Waals surface area contributed by atoms with Crippen molar-refractivity contribution in [3.63, 3.8) is 0 Å². The molecule has 0 aromatic heterocycles. The quantitative estimate of drug-likeness (QED) is 0.592. The van der Waals surface area contributed by atoms with E-state index in [0.717, 1.165) is 0 Å². The molecule has 0 bridgehead atoms. The fourth-order valence-electron chi connectivity index (χ4n) is 2.96. The van der Waals surface area contributed by atoms with Gasteiger partial charge in [-0.15, -0.1) is 0 Å². The van der Waals surface area contributed by atoms with E-state index in [9.17, 15) is 9.59 Å². The Balaban J connectivity index is 2.20. The molecule has 4 nitrogen and oxygen atoms in total. The molecule has 0 aliphatic heterocycles. The van der Waals surface area contributed by atoms with Crippen LogP contribution in [0.1, 0.15) is 41.5 Å². The molecule has 0 heterocycles. The monoisotopic (exact) mass is 302 g/mol. The van der Waals surface area contributed by atoms with Gasteiger partial charge < -0.3 is 0 Å². The number of hydrogen-bond donors (Lipinski definition) is 0. The summed E-state index contributed by atoms with van der Waals surface area (Å²) in [6.45, 7) is 10.7. The number of carbonyl (C=O) groups is 2. The SMILES string of the molecule is CC1=CC(C)(OOC2(C)C=C(C)C(=O)C(C)=C2)C=C(C)C1=O. The molecule has 0 aromatic carbocycles. The first-order chi connectivity index (χ1) is 10.1. The molecule has 118 valence electrons. The maximum atomic E-state index is 11.8. The molecule has 0 amide bonds. The Hall–Kier alpha value is -1.78. The third kappa shape index (κ3) is 3.18. The van der Waals surface area contributed by atoms with Crippen molar-refractivity contribution < 1.29 is 19.4 Å². The minimum atomic E-state index is -0.809. The molecule has 0 radical (unpaired) electrons. The van der Waals surface area contributed by atoms with Crippen LogP contribution in [0.15, 0.2) is 46.6 Å². The van der Waals surface area contributed by atoms with E-state index in [2.05, 4.69) is 0 Å². The average Bonchev–Trinajstić information content (AvgIpc) is 2.40. The molecule has 0 atom stereocenters. The highest BCUT2D eigenvalue weighted by molar-refractivity contribution is 6.09. The molecule has 2 rings (SSSR count).